The van der Waals surface area contributed by atoms with Crippen molar-refractivity contribution in [3.63, 3.8) is 0 Å². The number of hydrogen-bond donors (Lipinski definition) is 2. The zero-order chi connectivity index (χ0) is 22.0. The highest BCUT2D eigenvalue weighted by Gasteiger charge is 2.20. The Morgan fingerprint density at radius 3 is 2.31 bits per heavy atom. The van der Waals surface area contributed by atoms with Gasteiger partial charge in [0.2, 0.25) is 0 Å². The molecule has 0 bridgehead atoms. The number of hydrogen-bond acceptors (Lipinski definition) is 4. The van der Waals surface area contributed by atoms with Gasteiger partial charge in [0.05, 0.1) is 30.4 Å². The smallest absolute Gasteiger partial charge is 0.269 e. The van der Waals surface area contributed by atoms with Gasteiger partial charge >= 0.3 is 0 Å². The molecule has 4 nitrogen and oxygen atoms in total. The van der Waals surface area contributed by atoms with Crippen LogP contribution in [0.3, 0.4) is 0 Å². The van der Waals surface area contributed by atoms with Gasteiger partial charge in [0.15, 0.2) is 0 Å². The number of aryl methyl sites for hydroxylation is 1. The Hall–Kier alpha value is -2.39. The maximum Gasteiger partial charge on any atom is 0.269 e. The van der Waals surface area contributed by atoms with Crippen LogP contribution in [0.15, 0.2) is 58.4 Å². The predicted molar refractivity (Wildman–Crippen MR) is 110 cm³/mol. The average molecular weight is 429 g/mol. The number of nitrogens with zero attached hydrogens (tertiary/aromatic N) is 2. The molecule has 1 unspecified atom stereocenters. The van der Waals surface area contributed by atoms with E-state index in [0.29, 0.717) is 19.3 Å². The number of halogens is 4. The first kappa shape index (κ1) is 24.6. The molecule has 29 heavy (non-hydrogen) atoms. The molecule has 0 radical (unpaired) electrons. The number of fused-ring (bicyclic) bond motifs is 1. The highest BCUT2D eigenvalue weighted by molar-refractivity contribution is 7.80. The van der Waals surface area contributed by atoms with Crippen LogP contribution in [0.25, 0.3) is 11.0 Å². The Kier molecular flexibility index (Phi) is 10.4. The van der Waals surface area contributed by atoms with Gasteiger partial charge in [-0.15, -0.1) is 12.6 Å². The maximum absolute atomic E-state index is 12.5. The fourth-order valence-corrected chi connectivity index (χ4v) is 2.67. The molecule has 9 heteroatoms. The van der Waals surface area contributed by atoms with Crippen LogP contribution in [0.2, 0.25) is 0 Å². The maximum atomic E-state index is 12.5. The van der Waals surface area contributed by atoms with Crippen LogP contribution in [-0.2, 0) is 7.05 Å². The van der Waals surface area contributed by atoms with E-state index < -0.39 is 18.3 Å². The van der Waals surface area contributed by atoms with Gasteiger partial charge in [-0.1, -0.05) is 19.1 Å². The second-order valence-corrected chi connectivity index (χ2v) is 6.27. The molecule has 1 heterocycles. The number of alkyl halides is 3. The summed E-state index contributed by atoms with van der Waals surface area (Å²) in [6, 6.07) is 9.60. The molecular weight excluding hydrogens is 406 g/mol. The third kappa shape index (κ3) is 7.17. The Balaban J connectivity index is 0.000000268. The van der Waals surface area contributed by atoms with Crippen LogP contribution in [0.5, 0.6) is 0 Å². The van der Waals surface area contributed by atoms with E-state index in [0.717, 1.165) is 15.9 Å². The number of nitrogens with one attached hydrogen (secondary N) is 1. The lowest BCUT2D eigenvalue weighted by Gasteiger charge is -2.16. The van der Waals surface area contributed by atoms with Crippen molar-refractivity contribution in [1.82, 2.24) is 14.9 Å². The van der Waals surface area contributed by atoms with Gasteiger partial charge in [0, 0.05) is 11.9 Å². The quantitative estimate of drug-likeness (QED) is 0.473. The molecule has 0 fully saturated rings. The lowest BCUT2D eigenvalue weighted by Crippen LogP contribution is -2.26. The molecule has 0 aliphatic heterocycles. The van der Waals surface area contributed by atoms with Gasteiger partial charge in [0.1, 0.15) is 5.82 Å². The molecular formula is C20H23F4N3OS. The SMILES string of the molecule is CCNC(c1ccc(F)cc1)C(F)F.CF.Cn1c(=O)cnc2cc(S)ccc21. The highest BCUT2D eigenvalue weighted by atomic mass is 32.1. The fraction of sp³-hybridized carbons (Fsp3) is 0.300. The summed E-state index contributed by atoms with van der Waals surface area (Å²) < 4.78 is 48.6. The number of benzene rings is 2. The van der Waals surface area contributed by atoms with E-state index in [-0.39, 0.29) is 5.56 Å². The Bertz CT molecular complexity index is 949. The Labute approximate surface area is 172 Å². The van der Waals surface area contributed by atoms with Gasteiger partial charge in [-0.2, -0.15) is 0 Å². The van der Waals surface area contributed by atoms with Crippen molar-refractivity contribution in [3.05, 3.63) is 70.4 Å². The molecule has 0 saturated carbocycles. The van der Waals surface area contributed by atoms with Crippen LogP contribution in [-0.4, -0.2) is 29.7 Å². The van der Waals surface area contributed by atoms with E-state index in [2.05, 4.69) is 22.9 Å². The number of aromatic nitrogens is 2. The molecule has 2 aromatic carbocycles. The summed E-state index contributed by atoms with van der Waals surface area (Å²) in [7, 11) is 2.23. The fourth-order valence-electron chi connectivity index (χ4n) is 2.47. The molecule has 0 spiro atoms. The Morgan fingerprint density at radius 1 is 1.14 bits per heavy atom. The van der Waals surface area contributed by atoms with Crippen LogP contribution < -0.4 is 10.9 Å². The molecule has 3 rings (SSSR count). The van der Waals surface area contributed by atoms with E-state index in [4.69, 9.17) is 0 Å². The topological polar surface area (TPSA) is 46.9 Å². The third-order valence-electron chi connectivity index (χ3n) is 3.87. The number of thiol groups is 1. The van der Waals surface area contributed by atoms with Gasteiger partial charge < -0.3 is 9.88 Å². The molecule has 0 amide bonds. The van der Waals surface area contributed by atoms with Gasteiger partial charge in [-0.05, 0) is 42.4 Å². The van der Waals surface area contributed by atoms with Crippen molar-refractivity contribution >= 4 is 23.7 Å². The minimum atomic E-state index is -2.49. The van der Waals surface area contributed by atoms with Crippen molar-refractivity contribution in [1.29, 1.82) is 0 Å². The average Bonchev–Trinajstić information content (AvgIpc) is 2.72. The zero-order valence-corrected chi connectivity index (χ0v) is 17.1. The monoisotopic (exact) mass is 429 g/mol. The summed E-state index contributed by atoms with van der Waals surface area (Å²) in [6.45, 7) is 2.20. The van der Waals surface area contributed by atoms with E-state index >= 15 is 0 Å². The predicted octanol–water partition coefficient (Wildman–Crippen LogP) is 4.55. The zero-order valence-electron chi connectivity index (χ0n) is 16.2. The molecule has 158 valence electrons. The van der Waals surface area contributed by atoms with E-state index in [9.17, 15) is 22.4 Å². The molecule has 0 saturated heterocycles. The van der Waals surface area contributed by atoms with Crippen molar-refractivity contribution in [2.24, 2.45) is 7.05 Å². The lowest BCUT2D eigenvalue weighted by molar-refractivity contribution is 0.0992. The first-order valence-electron chi connectivity index (χ1n) is 8.63. The molecule has 1 atom stereocenters. The molecule has 1 aromatic heterocycles. The number of rotatable bonds is 4. The second kappa shape index (κ2) is 12.2. The second-order valence-electron chi connectivity index (χ2n) is 5.75. The summed E-state index contributed by atoms with van der Waals surface area (Å²) in [5.41, 5.74) is 1.92. The summed E-state index contributed by atoms with van der Waals surface area (Å²) in [6.07, 6.45) is -1.17. The summed E-state index contributed by atoms with van der Waals surface area (Å²) in [4.78, 5) is 16.1. The van der Waals surface area contributed by atoms with Crippen LogP contribution in [0.4, 0.5) is 17.6 Å². The normalized spacial score (nSPS) is 11.3. The largest absolute Gasteiger partial charge is 0.309 e. The van der Waals surface area contributed by atoms with Crippen molar-refractivity contribution in [3.8, 4) is 0 Å². The minimum absolute atomic E-state index is 0.0978. The highest BCUT2D eigenvalue weighted by Crippen LogP contribution is 2.20. The first-order chi connectivity index (χ1) is 13.8. The molecule has 3 aromatic rings. The third-order valence-corrected chi connectivity index (χ3v) is 4.15. The summed E-state index contributed by atoms with van der Waals surface area (Å²) >= 11 is 4.19. The van der Waals surface area contributed by atoms with E-state index in [1.807, 2.05) is 18.2 Å². The molecule has 0 aliphatic rings. The lowest BCUT2D eigenvalue weighted by atomic mass is 10.1. The van der Waals surface area contributed by atoms with Gasteiger partial charge in [-0.3, -0.25) is 9.18 Å². The van der Waals surface area contributed by atoms with Crippen LogP contribution >= 0.6 is 12.6 Å². The van der Waals surface area contributed by atoms with Gasteiger partial charge in [0.25, 0.3) is 12.0 Å². The minimum Gasteiger partial charge on any atom is -0.309 e. The van der Waals surface area contributed by atoms with Gasteiger partial charge in [-0.25, -0.2) is 18.2 Å². The van der Waals surface area contributed by atoms with E-state index in [1.54, 1.807) is 18.5 Å². The van der Waals surface area contributed by atoms with Crippen molar-refractivity contribution in [2.75, 3.05) is 13.7 Å². The standard InChI is InChI=1S/C10H12F3N.C9H8N2OS.CH3F/c1-2-14-9(10(12)13)7-3-5-8(11)6-4-7;1-11-8-3-2-6(13)4-7(8)10-5-9(11)12;1-2/h3-6,9-10,14H,2H2,1H3;2-5,13H,1H3;1H3. The summed E-state index contributed by atoms with van der Waals surface area (Å²) in [5, 5.41) is 2.65. The summed E-state index contributed by atoms with van der Waals surface area (Å²) in [5.74, 6) is -0.418. The van der Waals surface area contributed by atoms with Crippen LogP contribution in [0.1, 0.15) is 18.5 Å². The van der Waals surface area contributed by atoms with Crippen LogP contribution in [0, 0.1) is 5.82 Å². The van der Waals surface area contributed by atoms with Crippen molar-refractivity contribution in [2.45, 2.75) is 24.3 Å². The van der Waals surface area contributed by atoms with E-state index in [1.165, 1.54) is 30.5 Å². The molecule has 1 N–H and O–H groups in total. The first-order valence-corrected chi connectivity index (χ1v) is 9.07. The van der Waals surface area contributed by atoms with Crippen molar-refractivity contribution < 1.29 is 17.6 Å². The Morgan fingerprint density at radius 2 is 1.76 bits per heavy atom. The molecule has 0 aliphatic carbocycles.